The van der Waals surface area contributed by atoms with E-state index < -0.39 is 10.0 Å². The van der Waals surface area contributed by atoms with Crippen LogP contribution >= 0.6 is 0 Å². The highest BCUT2D eigenvalue weighted by atomic mass is 32.2. The Labute approximate surface area is 121 Å². The van der Waals surface area contributed by atoms with Crippen LogP contribution in [0.4, 0.5) is 0 Å². The highest BCUT2D eigenvalue weighted by Gasteiger charge is 2.33. The monoisotopic (exact) mass is 297 g/mol. The zero-order valence-corrected chi connectivity index (χ0v) is 12.9. The molecule has 0 saturated heterocycles. The fraction of sp³-hybridized carbons (Fsp3) is 0.600. The fourth-order valence-electron chi connectivity index (χ4n) is 2.17. The van der Waals surface area contributed by atoms with Crippen LogP contribution in [0, 0.1) is 5.92 Å². The first kappa shape index (κ1) is 15.3. The van der Waals surface area contributed by atoms with Gasteiger partial charge in [0.2, 0.25) is 10.0 Å². The molecular weight excluding hydrogens is 274 g/mol. The van der Waals surface area contributed by atoms with E-state index in [2.05, 4.69) is 0 Å². The summed E-state index contributed by atoms with van der Waals surface area (Å²) in [5.74, 6) is 0.681. The maximum absolute atomic E-state index is 12.6. The predicted molar refractivity (Wildman–Crippen MR) is 79.9 cm³/mol. The van der Waals surface area contributed by atoms with Crippen LogP contribution in [0.25, 0.3) is 0 Å². The minimum absolute atomic E-state index is 0.176. The van der Waals surface area contributed by atoms with E-state index in [4.69, 9.17) is 0 Å². The van der Waals surface area contributed by atoms with Gasteiger partial charge in [0.05, 0.1) is 5.25 Å². The zero-order valence-electron chi connectivity index (χ0n) is 12.1. The molecule has 0 amide bonds. The summed E-state index contributed by atoms with van der Waals surface area (Å²) in [4.78, 5) is 0. The molecule has 1 N–H and O–H groups in total. The van der Waals surface area contributed by atoms with Gasteiger partial charge < -0.3 is 5.11 Å². The highest BCUT2D eigenvalue weighted by molar-refractivity contribution is 7.89. The molecule has 0 radical (unpaired) electrons. The van der Waals surface area contributed by atoms with Crippen molar-refractivity contribution in [2.24, 2.45) is 5.92 Å². The Morgan fingerprint density at radius 2 is 2.10 bits per heavy atom. The molecule has 1 aliphatic rings. The molecule has 1 aromatic carbocycles. The molecule has 112 valence electrons. The van der Waals surface area contributed by atoms with Crippen LogP contribution in [0.15, 0.2) is 24.3 Å². The first-order valence-corrected chi connectivity index (χ1v) is 8.70. The van der Waals surface area contributed by atoms with Crippen molar-refractivity contribution in [3.05, 3.63) is 29.8 Å². The van der Waals surface area contributed by atoms with E-state index in [1.807, 2.05) is 13.0 Å². The lowest BCUT2D eigenvalue weighted by molar-refractivity contribution is 0.383. The van der Waals surface area contributed by atoms with Gasteiger partial charge in [0.1, 0.15) is 5.75 Å². The number of nitrogens with zero attached hydrogens (tertiary/aromatic N) is 1. The molecule has 1 aromatic rings. The molecule has 0 heterocycles. The predicted octanol–water partition coefficient (Wildman–Crippen LogP) is 2.73. The lowest BCUT2D eigenvalue weighted by Crippen LogP contribution is -2.38. The van der Waals surface area contributed by atoms with Gasteiger partial charge in [0, 0.05) is 13.1 Å². The van der Waals surface area contributed by atoms with Crippen molar-refractivity contribution in [2.75, 3.05) is 6.54 Å². The van der Waals surface area contributed by atoms with E-state index in [0.29, 0.717) is 25.4 Å². The Kier molecular flexibility index (Phi) is 4.70. The normalized spacial score (nSPS) is 17.4. The van der Waals surface area contributed by atoms with Gasteiger partial charge in [-0.15, -0.1) is 0 Å². The third kappa shape index (κ3) is 3.73. The van der Waals surface area contributed by atoms with Crippen molar-refractivity contribution in [1.29, 1.82) is 0 Å². The first-order valence-electron chi connectivity index (χ1n) is 7.20. The third-order valence-corrected chi connectivity index (χ3v) is 6.22. The maximum atomic E-state index is 12.6. The Balaban J connectivity index is 2.19. The molecule has 0 bridgehead atoms. The van der Waals surface area contributed by atoms with E-state index >= 15 is 0 Å². The van der Waals surface area contributed by atoms with Crippen molar-refractivity contribution in [1.82, 2.24) is 4.31 Å². The quantitative estimate of drug-likeness (QED) is 0.842. The summed E-state index contributed by atoms with van der Waals surface area (Å²) >= 11 is 0. The summed E-state index contributed by atoms with van der Waals surface area (Å²) in [6.45, 7) is 4.60. The molecule has 1 saturated carbocycles. The van der Waals surface area contributed by atoms with Crippen molar-refractivity contribution < 1.29 is 13.5 Å². The topological polar surface area (TPSA) is 57.6 Å². The highest BCUT2D eigenvalue weighted by Crippen LogP contribution is 2.32. The van der Waals surface area contributed by atoms with Crippen LogP contribution in [-0.4, -0.2) is 29.6 Å². The minimum Gasteiger partial charge on any atom is -0.508 e. The first-order chi connectivity index (χ1) is 9.43. The van der Waals surface area contributed by atoms with Crippen LogP contribution < -0.4 is 0 Å². The summed E-state index contributed by atoms with van der Waals surface area (Å²) in [7, 11) is -3.27. The second kappa shape index (κ2) is 6.14. The average Bonchev–Trinajstić information content (AvgIpc) is 3.21. The molecule has 4 nitrogen and oxygen atoms in total. The molecule has 1 unspecified atom stereocenters. The van der Waals surface area contributed by atoms with Gasteiger partial charge in [0.25, 0.3) is 0 Å². The number of hydrogen-bond donors (Lipinski definition) is 1. The minimum atomic E-state index is -3.27. The van der Waals surface area contributed by atoms with E-state index in [9.17, 15) is 13.5 Å². The van der Waals surface area contributed by atoms with Crippen molar-refractivity contribution in [2.45, 2.75) is 44.9 Å². The Morgan fingerprint density at radius 1 is 1.40 bits per heavy atom. The maximum Gasteiger partial charge on any atom is 0.217 e. The lowest BCUT2D eigenvalue weighted by atomic mass is 10.2. The van der Waals surface area contributed by atoms with Crippen LogP contribution in [-0.2, 0) is 16.6 Å². The number of benzene rings is 1. The Hall–Kier alpha value is -1.07. The van der Waals surface area contributed by atoms with Gasteiger partial charge in [-0.2, -0.15) is 4.31 Å². The molecule has 0 aliphatic heterocycles. The third-order valence-electron chi connectivity index (χ3n) is 3.87. The van der Waals surface area contributed by atoms with Crippen molar-refractivity contribution in [3.63, 3.8) is 0 Å². The zero-order chi connectivity index (χ0) is 14.8. The van der Waals surface area contributed by atoms with Crippen LogP contribution in [0.1, 0.15) is 38.7 Å². The summed E-state index contributed by atoms with van der Waals surface area (Å²) < 4.78 is 26.7. The summed E-state index contributed by atoms with van der Waals surface area (Å²) in [5, 5.41) is 9.15. The van der Waals surface area contributed by atoms with E-state index in [-0.39, 0.29) is 11.0 Å². The van der Waals surface area contributed by atoms with Gasteiger partial charge >= 0.3 is 0 Å². The van der Waals surface area contributed by atoms with Gasteiger partial charge in [-0.1, -0.05) is 19.1 Å². The fourth-order valence-corrected chi connectivity index (χ4v) is 3.85. The smallest absolute Gasteiger partial charge is 0.217 e. The van der Waals surface area contributed by atoms with E-state index in [0.717, 1.165) is 18.4 Å². The molecule has 0 spiro atoms. The standard InChI is InChI=1S/C15H23NO3S/c1-3-12(2)20(18,19)16(10-13-7-8-13)11-14-5-4-6-15(17)9-14/h4-6,9,12-13,17H,3,7-8,10-11H2,1-2H3. The second-order valence-corrected chi connectivity index (χ2v) is 8.02. The van der Waals surface area contributed by atoms with Gasteiger partial charge in [0.15, 0.2) is 0 Å². The molecule has 1 aliphatic carbocycles. The molecule has 20 heavy (non-hydrogen) atoms. The average molecular weight is 297 g/mol. The van der Waals surface area contributed by atoms with Crippen molar-refractivity contribution >= 4 is 10.0 Å². The van der Waals surface area contributed by atoms with Gasteiger partial charge in [-0.3, -0.25) is 0 Å². The van der Waals surface area contributed by atoms with E-state index in [1.165, 1.54) is 0 Å². The number of aromatic hydroxyl groups is 1. The number of hydrogen-bond acceptors (Lipinski definition) is 3. The molecule has 5 heteroatoms. The number of sulfonamides is 1. The van der Waals surface area contributed by atoms with Crippen LogP contribution in [0.5, 0.6) is 5.75 Å². The number of phenols is 1. The Bertz CT molecular complexity index is 552. The molecular formula is C15H23NO3S. The largest absolute Gasteiger partial charge is 0.508 e. The second-order valence-electron chi connectivity index (χ2n) is 5.67. The summed E-state index contributed by atoms with van der Waals surface area (Å²) in [6.07, 6.45) is 2.85. The number of phenolic OH excluding ortho intramolecular Hbond substituents is 1. The lowest BCUT2D eigenvalue weighted by Gasteiger charge is -2.25. The SMILES string of the molecule is CCC(C)S(=O)(=O)N(Cc1cccc(O)c1)CC1CC1. The molecule has 1 atom stereocenters. The molecule has 2 rings (SSSR count). The number of rotatable bonds is 7. The van der Waals surface area contributed by atoms with E-state index in [1.54, 1.807) is 29.4 Å². The summed E-state index contributed by atoms with van der Waals surface area (Å²) in [6, 6.07) is 6.82. The Morgan fingerprint density at radius 3 is 2.65 bits per heavy atom. The molecule has 1 fully saturated rings. The van der Waals surface area contributed by atoms with Crippen LogP contribution in [0.3, 0.4) is 0 Å². The van der Waals surface area contributed by atoms with Gasteiger partial charge in [-0.25, -0.2) is 8.42 Å². The molecule has 0 aromatic heterocycles. The van der Waals surface area contributed by atoms with Crippen molar-refractivity contribution in [3.8, 4) is 5.75 Å². The van der Waals surface area contributed by atoms with Gasteiger partial charge in [-0.05, 0) is 49.8 Å². The summed E-state index contributed by atoms with van der Waals surface area (Å²) in [5.41, 5.74) is 0.831. The van der Waals surface area contributed by atoms with Crippen LogP contribution in [0.2, 0.25) is 0 Å².